The molecule has 0 aliphatic rings. The third-order valence-corrected chi connectivity index (χ3v) is 4.91. The van der Waals surface area contributed by atoms with E-state index >= 15 is 0 Å². The number of carbonyl (C=O) groups is 1. The van der Waals surface area contributed by atoms with E-state index in [1.165, 1.54) is 7.11 Å². The number of amides is 1. The summed E-state index contributed by atoms with van der Waals surface area (Å²) in [5.74, 6) is 1.25. The van der Waals surface area contributed by atoms with Crippen LogP contribution in [0.1, 0.15) is 10.6 Å². The smallest absolute Gasteiger partial charge is 0.295 e. The molecule has 0 saturated heterocycles. The van der Waals surface area contributed by atoms with Crippen molar-refractivity contribution in [3.63, 3.8) is 0 Å². The van der Waals surface area contributed by atoms with Crippen molar-refractivity contribution in [2.24, 2.45) is 0 Å². The number of carbonyl (C=O) groups excluding carboxylic acids is 1. The Morgan fingerprint density at radius 3 is 2.35 bits per heavy atom. The number of nitrogens with one attached hydrogen (secondary N) is 1. The Labute approximate surface area is 184 Å². The summed E-state index contributed by atoms with van der Waals surface area (Å²) in [5, 5.41) is 7.73. The molecule has 31 heavy (non-hydrogen) atoms. The number of benzene rings is 3. The second-order valence-electron chi connectivity index (χ2n) is 6.51. The second-order valence-corrected chi connectivity index (χ2v) is 6.91. The van der Waals surface area contributed by atoms with Crippen LogP contribution < -0.4 is 14.8 Å². The Kier molecular flexibility index (Phi) is 5.86. The Morgan fingerprint density at radius 2 is 1.65 bits per heavy atom. The van der Waals surface area contributed by atoms with Gasteiger partial charge in [-0.05, 0) is 48.5 Å². The first-order valence-electron chi connectivity index (χ1n) is 9.41. The van der Waals surface area contributed by atoms with Crippen molar-refractivity contribution in [2.75, 3.05) is 19.5 Å². The summed E-state index contributed by atoms with van der Waals surface area (Å²) in [6.07, 6.45) is 0. The van der Waals surface area contributed by atoms with Gasteiger partial charge in [-0.15, -0.1) is 5.10 Å². The average Bonchev–Trinajstić information content (AvgIpc) is 3.25. The lowest BCUT2D eigenvalue weighted by atomic mass is 10.2. The van der Waals surface area contributed by atoms with Crippen molar-refractivity contribution in [1.82, 2.24) is 14.8 Å². The zero-order valence-corrected chi connectivity index (χ0v) is 17.6. The highest BCUT2D eigenvalue weighted by Crippen LogP contribution is 2.28. The SMILES string of the molecule is COc1ccc(-c2nc(C(=O)Nc3ccccc3OC)nn2-c2ccccc2Cl)cc1. The van der Waals surface area contributed by atoms with Gasteiger partial charge in [0.15, 0.2) is 5.82 Å². The van der Waals surface area contributed by atoms with Crippen LogP contribution in [0.5, 0.6) is 11.5 Å². The maximum atomic E-state index is 12.9. The molecule has 1 heterocycles. The van der Waals surface area contributed by atoms with Gasteiger partial charge in [-0.3, -0.25) is 4.79 Å². The van der Waals surface area contributed by atoms with E-state index < -0.39 is 5.91 Å². The van der Waals surface area contributed by atoms with Gasteiger partial charge < -0.3 is 14.8 Å². The maximum Gasteiger partial charge on any atom is 0.295 e. The molecule has 3 aromatic carbocycles. The van der Waals surface area contributed by atoms with Crippen LogP contribution in [0.15, 0.2) is 72.8 Å². The number of hydrogen-bond acceptors (Lipinski definition) is 5. The summed E-state index contributed by atoms with van der Waals surface area (Å²) in [6, 6.07) is 21.7. The molecule has 0 bridgehead atoms. The number of ether oxygens (including phenoxy) is 2. The lowest BCUT2D eigenvalue weighted by Gasteiger charge is -2.08. The van der Waals surface area contributed by atoms with Crippen molar-refractivity contribution < 1.29 is 14.3 Å². The van der Waals surface area contributed by atoms with E-state index in [1.807, 2.05) is 48.5 Å². The van der Waals surface area contributed by atoms with E-state index in [0.717, 1.165) is 5.56 Å². The number of methoxy groups -OCH3 is 2. The van der Waals surface area contributed by atoms with Crippen molar-refractivity contribution >= 4 is 23.2 Å². The molecule has 0 fully saturated rings. The number of aromatic nitrogens is 3. The molecule has 0 aliphatic carbocycles. The topological polar surface area (TPSA) is 78.3 Å². The van der Waals surface area contributed by atoms with Gasteiger partial charge in [0.25, 0.3) is 5.91 Å². The lowest BCUT2D eigenvalue weighted by molar-refractivity contribution is 0.101. The molecule has 4 aromatic rings. The zero-order chi connectivity index (χ0) is 21.8. The molecule has 0 spiro atoms. The first kappa shape index (κ1) is 20.4. The van der Waals surface area contributed by atoms with E-state index in [1.54, 1.807) is 36.1 Å². The predicted molar refractivity (Wildman–Crippen MR) is 119 cm³/mol. The maximum absolute atomic E-state index is 12.9. The minimum absolute atomic E-state index is 0.00311. The lowest BCUT2D eigenvalue weighted by Crippen LogP contribution is -2.15. The Morgan fingerprint density at radius 1 is 0.935 bits per heavy atom. The highest BCUT2D eigenvalue weighted by atomic mass is 35.5. The van der Waals surface area contributed by atoms with E-state index in [0.29, 0.717) is 33.7 Å². The zero-order valence-electron chi connectivity index (χ0n) is 16.9. The third kappa shape index (κ3) is 4.22. The van der Waals surface area contributed by atoms with Gasteiger partial charge >= 0.3 is 0 Å². The molecule has 1 amide bonds. The van der Waals surface area contributed by atoms with Crippen molar-refractivity contribution in [2.45, 2.75) is 0 Å². The van der Waals surface area contributed by atoms with Crippen LogP contribution in [0.4, 0.5) is 5.69 Å². The number of nitrogens with zero attached hydrogens (tertiary/aromatic N) is 3. The molecule has 0 saturated carbocycles. The second kappa shape index (κ2) is 8.89. The first-order chi connectivity index (χ1) is 15.1. The summed E-state index contributed by atoms with van der Waals surface area (Å²) in [5.41, 5.74) is 1.89. The van der Waals surface area contributed by atoms with Gasteiger partial charge in [-0.25, -0.2) is 9.67 Å². The van der Waals surface area contributed by atoms with E-state index in [4.69, 9.17) is 21.1 Å². The van der Waals surface area contributed by atoms with Crippen LogP contribution in [-0.4, -0.2) is 34.9 Å². The van der Waals surface area contributed by atoms with E-state index in [-0.39, 0.29) is 5.82 Å². The summed E-state index contributed by atoms with van der Waals surface area (Å²) in [4.78, 5) is 17.4. The van der Waals surface area contributed by atoms with Gasteiger partial charge in [-0.2, -0.15) is 0 Å². The van der Waals surface area contributed by atoms with Crippen LogP contribution in [0.3, 0.4) is 0 Å². The van der Waals surface area contributed by atoms with Gasteiger partial charge in [0, 0.05) is 5.56 Å². The normalized spacial score (nSPS) is 10.5. The quantitative estimate of drug-likeness (QED) is 0.469. The monoisotopic (exact) mass is 434 g/mol. The molecular formula is C23H19ClN4O3. The Hall–Kier alpha value is -3.84. The molecule has 8 heteroatoms. The first-order valence-corrected chi connectivity index (χ1v) is 9.79. The fraction of sp³-hybridized carbons (Fsp3) is 0.0870. The van der Waals surface area contributed by atoms with Gasteiger partial charge in [0.05, 0.1) is 30.6 Å². The number of rotatable bonds is 6. The number of halogens is 1. The molecule has 156 valence electrons. The molecule has 0 radical (unpaired) electrons. The fourth-order valence-corrected chi connectivity index (χ4v) is 3.27. The molecule has 1 aromatic heterocycles. The third-order valence-electron chi connectivity index (χ3n) is 4.59. The average molecular weight is 435 g/mol. The minimum Gasteiger partial charge on any atom is -0.497 e. The van der Waals surface area contributed by atoms with Gasteiger partial charge in [-0.1, -0.05) is 35.9 Å². The highest BCUT2D eigenvalue weighted by Gasteiger charge is 2.21. The van der Waals surface area contributed by atoms with Crippen molar-refractivity contribution in [3.8, 4) is 28.6 Å². The van der Waals surface area contributed by atoms with Crippen LogP contribution in [0.2, 0.25) is 5.02 Å². The van der Waals surface area contributed by atoms with Crippen LogP contribution in [0.25, 0.3) is 17.1 Å². The number of hydrogen-bond donors (Lipinski definition) is 1. The van der Waals surface area contributed by atoms with Crippen LogP contribution >= 0.6 is 11.6 Å². The largest absolute Gasteiger partial charge is 0.497 e. The number of para-hydroxylation sites is 3. The molecule has 1 N–H and O–H groups in total. The summed E-state index contributed by atoms with van der Waals surface area (Å²) in [6.45, 7) is 0. The minimum atomic E-state index is -0.468. The fourth-order valence-electron chi connectivity index (χ4n) is 3.05. The summed E-state index contributed by atoms with van der Waals surface area (Å²) >= 11 is 6.40. The molecule has 7 nitrogen and oxygen atoms in total. The van der Waals surface area contributed by atoms with E-state index in [9.17, 15) is 4.79 Å². The molecule has 0 unspecified atom stereocenters. The van der Waals surface area contributed by atoms with Gasteiger partial charge in [0.1, 0.15) is 11.5 Å². The van der Waals surface area contributed by atoms with E-state index in [2.05, 4.69) is 15.4 Å². The summed E-state index contributed by atoms with van der Waals surface area (Å²) < 4.78 is 12.1. The Balaban J connectivity index is 1.77. The van der Waals surface area contributed by atoms with Crippen molar-refractivity contribution in [1.29, 1.82) is 0 Å². The molecule has 0 aliphatic heterocycles. The highest BCUT2D eigenvalue weighted by molar-refractivity contribution is 6.32. The predicted octanol–water partition coefficient (Wildman–Crippen LogP) is 4.86. The Bertz CT molecular complexity index is 1220. The standard InChI is InChI=1S/C23H19ClN4O3/c1-30-16-13-11-15(12-14-16)22-26-21(27-28(22)19-9-5-3-7-17(19)24)23(29)25-18-8-4-6-10-20(18)31-2/h3-14H,1-2H3,(H,25,29). The van der Waals surface area contributed by atoms with Crippen molar-refractivity contribution in [3.05, 3.63) is 83.6 Å². The summed E-state index contributed by atoms with van der Waals surface area (Å²) in [7, 11) is 3.14. The van der Waals surface area contributed by atoms with Crippen LogP contribution in [0, 0.1) is 0 Å². The van der Waals surface area contributed by atoms with Gasteiger partial charge in [0.2, 0.25) is 5.82 Å². The number of anilines is 1. The molecular weight excluding hydrogens is 416 g/mol. The molecule has 4 rings (SSSR count). The molecule has 0 atom stereocenters. The van der Waals surface area contributed by atoms with Crippen LogP contribution in [-0.2, 0) is 0 Å².